The maximum absolute atomic E-state index is 11.5. The quantitative estimate of drug-likeness (QED) is 0.777. The first kappa shape index (κ1) is 11.5. The summed E-state index contributed by atoms with van der Waals surface area (Å²) in [7, 11) is -2.06. The molecule has 1 rings (SSSR count). The highest BCUT2D eigenvalue weighted by atomic mass is 32.2. The van der Waals surface area contributed by atoms with E-state index < -0.39 is 15.8 Å². The fraction of sp³-hybridized carbons (Fsp3) is 0.300. The molecule has 0 aromatic heterocycles. The average molecular weight is 224 g/mol. The number of benzene rings is 1. The van der Waals surface area contributed by atoms with Crippen molar-refractivity contribution in [3.63, 3.8) is 0 Å². The Hall–Kier alpha value is -1.54. The van der Waals surface area contributed by atoms with Crippen molar-refractivity contribution in [2.75, 3.05) is 17.1 Å². The zero-order valence-corrected chi connectivity index (χ0v) is 9.45. The van der Waals surface area contributed by atoms with Crippen molar-refractivity contribution in [2.24, 2.45) is 0 Å². The third kappa shape index (κ3) is 2.70. The fourth-order valence-corrected chi connectivity index (χ4v) is 1.95. The molecule has 0 aliphatic rings. The third-order valence-electron chi connectivity index (χ3n) is 2.03. The van der Waals surface area contributed by atoms with Crippen LogP contribution in [-0.2, 0) is 10.0 Å². The van der Waals surface area contributed by atoms with Gasteiger partial charge >= 0.3 is 0 Å². The molecule has 0 N–H and O–H groups in total. The fourth-order valence-electron chi connectivity index (χ4n) is 1.16. The van der Waals surface area contributed by atoms with Gasteiger partial charge in [-0.15, -0.1) is 0 Å². The Morgan fingerprint density at radius 1 is 1.47 bits per heavy atom. The average Bonchev–Trinajstić information content (AvgIpc) is 2.16. The molecule has 0 aliphatic heterocycles. The Bertz CT molecular complexity index is 488. The molecule has 15 heavy (non-hydrogen) atoms. The lowest BCUT2D eigenvalue weighted by molar-refractivity contribution is 0.597. The standard InChI is InChI=1S/C10H12N2O2S/c1-9-4-3-5-10(8-9)12(2)15(13,14)7-6-11/h3-5,8H,7H2,1-2H3. The number of aryl methyl sites for hydroxylation is 1. The molecule has 0 saturated carbocycles. The van der Waals surface area contributed by atoms with Crippen molar-refractivity contribution >= 4 is 15.7 Å². The van der Waals surface area contributed by atoms with Gasteiger partial charge in [-0.3, -0.25) is 4.31 Å². The van der Waals surface area contributed by atoms with E-state index in [1.54, 1.807) is 24.3 Å². The predicted molar refractivity (Wildman–Crippen MR) is 59.0 cm³/mol. The Kier molecular flexibility index (Phi) is 3.32. The van der Waals surface area contributed by atoms with Crippen LogP contribution in [0.5, 0.6) is 0 Å². The second kappa shape index (κ2) is 4.32. The van der Waals surface area contributed by atoms with Gasteiger partial charge in [0.25, 0.3) is 0 Å². The van der Waals surface area contributed by atoms with Gasteiger partial charge in [-0.25, -0.2) is 8.42 Å². The first-order chi connectivity index (χ1) is 6.97. The van der Waals surface area contributed by atoms with Gasteiger partial charge in [0, 0.05) is 7.05 Å². The Morgan fingerprint density at radius 2 is 2.13 bits per heavy atom. The van der Waals surface area contributed by atoms with Gasteiger partial charge < -0.3 is 0 Å². The molecule has 1 aromatic carbocycles. The minimum Gasteiger partial charge on any atom is -0.272 e. The number of nitriles is 1. The van der Waals surface area contributed by atoms with Crippen molar-refractivity contribution in [3.8, 4) is 6.07 Å². The number of hydrogen-bond acceptors (Lipinski definition) is 3. The van der Waals surface area contributed by atoms with E-state index in [-0.39, 0.29) is 0 Å². The first-order valence-corrected chi connectivity index (χ1v) is 5.98. The molecule has 0 amide bonds. The van der Waals surface area contributed by atoms with Crippen molar-refractivity contribution in [2.45, 2.75) is 6.92 Å². The second-order valence-corrected chi connectivity index (χ2v) is 5.22. The molecule has 0 heterocycles. The van der Waals surface area contributed by atoms with Gasteiger partial charge in [-0.1, -0.05) is 12.1 Å². The monoisotopic (exact) mass is 224 g/mol. The molecule has 0 spiro atoms. The van der Waals surface area contributed by atoms with Crippen molar-refractivity contribution in [3.05, 3.63) is 29.8 Å². The Labute approximate surface area is 89.8 Å². The van der Waals surface area contributed by atoms with Crippen LogP contribution < -0.4 is 4.31 Å². The van der Waals surface area contributed by atoms with Crippen molar-refractivity contribution in [1.82, 2.24) is 0 Å². The van der Waals surface area contributed by atoms with E-state index in [0.29, 0.717) is 5.69 Å². The van der Waals surface area contributed by atoms with E-state index in [2.05, 4.69) is 0 Å². The predicted octanol–water partition coefficient (Wildman–Crippen LogP) is 1.28. The Balaban J connectivity index is 3.06. The van der Waals surface area contributed by atoms with Crippen LogP contribution >= 0.6 is 0 Å². The van der Waals surface area contributed by atoms with Crippen LogP contribution in [0, 0.1) is 18.3 Å². The molecule has 0 bridgehead atoms. The SMILES string of the molecule is Cc1cccc(N(C)S(=O)(=O)CC#N)c1. The number of hydrogen-bond donors (Lipinski definition) is 0. The molecular formula is C10H12N2O2S. The van der Waals surface area contributed by atoms with Gasteiger partial charge in [0.1, 0.15) is 0 Å². The van der Waals surface area contributed by atoms with Gasteiger partial charge in [0.05, 0.1) is 11.8 Å². The summed E-state index contributed by atoms with van der Waals surface area (Å²) in [6, 6.07) is 8.76. The number of sulfonamides is 1. The van der Waals surface area contributed by atoms with Crippen LogP contribution in [-0.4, -0.2) is 21.2 Å². The maximum Gasteiger partial charge on any atom is 0.248 e. The van der Waals surface area contributed by atoms with E-state index >= 15 is 0 Å². The molecule has 0 fully saturated rings. The summed E-state index contributed by atoms with van der Waals surface area (Å²) >= 11 is 0. The summed E-state index contributed by atoms with van der Waals surface area (Å²) in [5.74, 6) is -0.503. The molecule has 0 radical (unpaired) electrons. The van der Waals surface area contributed by atoms with Gasteiger partial charge in [0.2, 0.25) is 10.0 Å². The minimum atomic E-state index is -3.51. The summed E-state index contributed by atoms with van der Waals surface area (Å²) in [5, 5.41) is 8.40. The zero-order valence-electron chi connectivity index (χ0n) is 8.64. The lowest BCUT2D eigenvalue weighted by atomic mass is 10.2. The van der Waals surface area contributed by atoms with E-state index in [9.17, 15) is 8.42 Å². The van der Waals surface area contributed by atoms with E-state index in [4.69, 9.17) is 5.26 Å². The van der Waals surface area contributed by atoms with E-state index in [1.807, 2.05) is 13.0 Å². The molecule has 5 heteroatoms. The summed E-state index contributed by atoms with van der Waals surface area (Å²) in [4.78, 5) is 0. The lowest BCUT2D eigenvalue weighted by Crippen LogP contribution is -2.28. The molecule has 0 aliphatic carbocycles. The summed E-state index contributed by atoms with van der Waals surface area (Å²) < 4.78 is 24.2. The van der Waals surface area contributed by atoms with Crippen LogP contribution in [0.4, 0.5) is 5.69 Å². The van der Waals surface area contributed by atoms with Crippen LogP contribution in [0.15, 0.2) is 24.3 Å². The van der Waals surface area contributed by atoms with E-state index in [0.717, 1.165) is 9.87 Å². The highest BCUT2D eigenvalue weighted by Gasteiger charge is 2.17. The number of rotatable bonds is 3. The molecular weight excluding hydrogens is 212 g/mol. The topological polar surface area (TPSA) is 61.2 Å². The van der Waals surface area contributed by atoms with Crippen LogP contribution in [0.1, 0.15) is 5.56 Å². The normalized spacial score (nSPS) is 10.7. The lowest BCUT2D eigenvalue weighted by Gasteiger charge is -2.17. The first-order valence-electron chi connectivity index (χ1n) is 4.37. The second-order valence-electron chi connectivity index (χ2n) is 3.22. The molecule has 4 nitrogen and oxygen atoms in total. The highest BCUT2D eigenvalue weighted by Crippen LogP contribution is 2.17. The van der Waals surface area contributed by atoms with Crippen LogP contribution in [0.2, 0.25) is 0 Å². The summed E-state index contributed by atoms with van der Waals surface area (Å²) in [6.07, 6.45) is 0. The number of anilines is 1. The smallest absolute Gasteiger partial charge is 0.248 e. The van der Waals surface area contributed by atoms with Gasteiger partial charge in [-0.05, 0) is 24.6 Å². The minimum absolute atomic E-state index is 0.503. The third-order valence-corrected chi connectivity index (χ3v) is 3.57. The Morgan fingerprint density at radius 3 is 2.67 bits per heavy atom. The molecule has 1 aromatic rings. The molecule has 0 saturated heterocycles. The van der Waals surface area contributed by atoms with Crippen LogP contribution in [0.25, 0.3) is 0 Å². The van der Waals surface area contributed by atoms with Crippen molar-refractivity contribution in [1.29, 1.82) is 5.26 Å². The molecule has 0 atom stereocenters. The zero-order chi connectivity index (χ0) is 11.5. The molecule has 80 valence electrons. The summed E-state index contributed by atoms with van der Waals surface area (Å²) in [6.45, 7) is 1.88. The van der Waals surface area contributed by atoms with Gasteiger partial charge in [0.15, 0.2) is 5.75 Å². The summed E-state index contributed by atoms with van der Waals surface area (Å²) in [5.41, 5.74) is 1.55. The van der Waals surface area contributed by atoms with E-state index in [1.165, 1.54) is 7.05 Å². The van der Waals surface area contributed by atoms with Gasteiger partial charge in [-0.2, -0.15) is 5.26 Å². The van der Waals surface area contributed by atoms with Crippen LogP contribution in [0.3, 0.4) is 0 Å². The number of nitrogens with zero attached hydrogens (tertiary/aromatic N) is 2. The maximum atomic E-state index is 11.5. The van der Waals surface area contributed by atoms with Crippen molar-refractivity contribution < 1.29 is 8.42 Å². The largest absolute Gasteiger partial charge is 0.272 e. The molecule has 0 unspecified atom stereocenters. The highest BCUT2D eigenvalue weighted by molar-refractivity contribution is 7.92.